The molecule has 0 aliphatic rings. The van der Waals surface area contributed by atoms with Crippen molar-refractivity contribution < 1.29 is 13.9 Å². The summed E-state index contributed by atoms with van der Waals surface area (Å²) in [7, 11) is 3.12. The molecule has 0 aliphatic carbocycles. The smallest absolute Gasteiger partial charge is 0.331 e. The predicted molar refractivity (Wildman–Crippen MR) is 76.4 cm³/mol. The maximum absolute atomic E-state index is 12.3. The lowest BCUT2D eigenvalue weighted by Crippen LogP contribution is -2.50. The number of benzene rings is 1. The van der Waals surface area contributed by atoms with Crippen molar-refractivity contribution in [2.45, 2.75) is 10.8 Å². The summed E-state index contributed by atoms with van der Waals surface area (Å²) < 4.78 is 10.2. The fraction of sp³-hybridized carbons (Fsp3) is 0.286. The number of methoxy groups -OCH3 is 1. The predicted octanol–water partition coefficient (Wildman–Crippen LogP) is 2.05. The van der Waals surface area contributed by atoms with Gasteiger partial charge in [0, 0.05) is 5.75 Å². The minimum absolute atomic E-state index is 0.342. The third-order valence-electron chi connectivity index (χ3n) is 3.05. The largest absolute Gasteiger partial charge is 0.467 e. The second-order valence-electron chi connectivity index (χ2n) is 4.10. The lowest BCUT2D eigenvalue weighted by Gasteiger charge is -2.30. The molecule has 0 saturated heterocycles. The van der Waals surface area contributed by atoms with E-state index in [-0.39, 0.29) is 5.97 Å². The summed E-state index contributed by atoms with van der Waals surface area (Å²) in [4.78, 5) is 16.3. The number of nitrogens with zero attached hydrogens (tertiary/aromatic N) is 1. The van der Waals surface area contributed by atoms with Gasteiger partial charge >= 0.3 is 5.97 Å². The normalized spacial score (nSPS) is 13.7. The van der Waals surface area contributed by atoms with Gasteiger partial charge in [0.15, 0.2) is 5.54 Å². The Hall–Kier alpha value is -1.79. The lowest BCUT2D eigenvalue weighted by atomic mass is 9.92. The van der Waals surface area contributed by atoms with Crippen LogP contribution in [0.4, 0.5) is 0 Å². The Bertz CT molecular complexity index is 545. The van der Waals surface area contributed by atoms with E-state index in [0.29, 0.717) is 11.0 Å². The van der Waals surface area contributed by atoms with E-state index in [9.17, 15) is 4.79 Å². The number of oxazole rings is 1. The molecular formula is C14H16N2O3S. The number of nitrogens with one attached hydrogen (secondary N) is 1. The summed E-state index contributed by atoms with van der Waals surface area (Å²) in [5, 5.41) is 3.60. The fourth-order valence-corrected chi connectivity index (χ4v) is 2.96. The minimum atomic E-state index is -0.935. The van der Waals surface area contributed by atoms with Crippen molar-refractivity contribution in [2.75, 3.05) is 19.9 Å². The SMILES string of the molecule is CNC(CSc1ncco1)(C(=O)OC)c1ccccc1. The molecule has 1 unspecified atom stereocenters. The third kappa shape index (κ3) is 2.86. The van der Waals surface area contributed by atoms with Crippen LogP contribution in [0, 0.1) is 0 Å². The van der Waals surface area contributed by atoms with Crippen LogP contribution in [0.15, 0.2) is 52.4 Å². The Morgan fingerprint density at radius 2 is 2.20 bits per heavy atom. The number of carbonyl (C=O) groups is 1. The summed E-state index contributed by atoms with van der Waals surface area (Å²) in [6, 6.07) is 9.47. The first-order chi connectivity index (χ1) is 9.73. The van der Waals surface area contributed by atoms with E-state index >= 15 is 0 Å². The van der Waals surface area contributed by atoms with Gasteiger partial charge in [0.25, 0.3) is 5.22 Å². The third-order valence-corrected chi connectivity index (χ3v) is 4.07. The minimum Gasteiger partial charge on any atom is -0.467 e. The Morgan fingerprint density at radius 3 is 2.75 bits per heavy atom. The zero-order chi connectivity index (χ0) is 14.4. The highest BCUT2D eigenvalue weighted by Gasteiger charge is 2.40. The van der Waals surface area contributed by atoms with E-state index < -0.39 is 5.54 Å². The molecule has 5 nitrogen and oxygen atoms in total. The fourth-order valence-electron chi connectivity index (χ4n) is 1.93. The highest BCUT2D eigenvalue weighted by Crippen LogP contribution is 2.30. The molecule has 0 bridgehead atoms. The van der Waals surface area contributed by atoms with Crippen LogP contribution in [-0.4, -0.2) is 30.9 Å². The van der Waals surface area contributed by atoms with Crippen LogP contribution in [0.5, 0.6) is 0 Å². The molecule has 20 heavy (non-hydrogen) atoms. The van der Waals surface area contributed by atoms with Crippen LogP contribution in [0.3, 0.4) is 0 Å². The molecule has 0 fully saturated rings. The molecule has 6 heteroatoms. The number of thioether (sulfide) groups is 1. The highest BCUT2D eigenvalue weighted by atomic mass is 32.2. The first-order valence-corrected chi connectivity index (χ1v) is 7.06. The zero-order valence-corrected chi connectivity index (χ0v) is 12.1. The van der Waals surface area contributed by atoms with Crippen LogP contribution in [0.25, 0.3) is 0 Å². The van der Waals surface area contributed by atoms with Gasteiger partial charge in [-0.3, -0.25) is 0 Å². The molecule has 0 radical (unpaired) electrons. The molecular weight excluding hydrogens is 276 g/mol. The number of rotatable bonds is 6. The number of carbonyl (C=O) groups excluding carboxylic acids is 1. The molecule has 1 aromatic heterocycles. The van der Waals surface area contributed by atoms with Gasteiger partial charge in [0.2, 0.25) is 0 Å². The first kappa shape index (κ1) is 14.6. The number of hydrogen-bond donors (Lipinski definition) is 1. The molecule has 106 valence electrons. The Balaban J connectivity index is 2.30. The van der Waals surface area contributed by atoms with E-state index in [2.05, 4.69) is 10.3 Å². The van der Waals surface area contributed by atoms with E-state index in [1.165, 1.54) is 25.1 Å². The van der Waals surface area contributed by atoms with Crippen molar-refractivity contribution >= 4 is 17.7 Å². The van der Waals surface area contributed by atoms with Crippen molar-refractivity contribution in [1.29, 1.82) is 0 Å². The molecule has 0 saturated carbocycles. The summed E-state index contributed by atoms with van der Waals surface area (Å²) in [6.45, 7) is 0. The molecule has 1 heterocycles. The second kappa shape index (κ2) is 6.58. The molecule has 2 rings (SSSR count). The Morgan fingerprint density at radius 1 is 1.45 bits per heavy atom. The van der Waals surface area contributed by atoms with Crippen molar-refractivity contribution in [1.82, 2.24) is 10.3 Å². The van der Waals surface area contributed by atoms with E-state index in [4.69, 9.17) is 9.15 Å². The number of likely N-dealkylation sites (N-methyl/N-ethyl adjacent to an activating group) is 1. The molecule has 2 aromatic rings. The Labute approximate surface area is 121 Å². The molecule has 1 N–H and O–H groups in total. The van der Waals surface area contributed by atoms with Gasteiger partial charge in [-0.1, -0.05) is 42.1 Å². The number of esters is 1. The van der Waals surface area contributed by atoms with Gasteiger partial charge in [-0.2, -0.15) is 0 Å². The number of hydrogen-bond acceptors (Lipinski definition) is 6. The average molecular weight is 292 g/mol. The van der Waals surface area contributed by atoms with Gasteiger partial charge in [-0.05, 0) is 12.6 Å². The van der Waals surface area contributed by atoms with Crippen LogP contribution in [0.2, 0.25) is 0 Å². The first-order valence-electron chi connectivity index (χ1n) is 6.08. The van der Waals surface area contributed by atoms with Crippen LogP contribution >= 0.6 is 11.8 Å². The molecule has 0 spiro atoms. The quantitative estimate of drug-likeness (QED) is 0.649. The molecule has 0 amide bonds. The highest BCUT2D eigenvalue weighted by molar-refractivity contribution is 7.99. The van der Waals surface area contributed by atoms with E-state index in [0.717, 1.165) is 5.56 Å². The van der Waals surface area contributed by atoms with Gasteiger partial charge in [-0.15, -0.1) is 0 Å². The average Bonchev–Trinajstić information content (AvgIpc) is 3.02. The number of aromatic nitrogens is 1. The monoisotopic (exact) mass is 292 g/mol. The van der Waals surface area contributed by atoms with Crippen molar-refractivity contribution in [3.8, 4) is 0 Å². The van der Waals surface area contributed by atoms with Gasteiger partial charge < -0.3 is 14.5 Å². The van der Waals surface area contributed by atoms with Crippen LogP contribution < -0.4 is 5.32 Å². The van der Waals surface area contributed by atoms with Crippen molar-refractivity contribution in [3.63, 3.8) is 0 Å². The summed E-state index contributed by atoms with van der Waals surface area (Å²) in [5.41, 5.74) is -0.0943. The van der Waals surface area contributed by atoms with Crippen molar-refractivity contribution in [3.05, 3.63) is 48.4 Å². The van der Waals surface area contributed by atoms with Gasteiger partial charge in [0.1, 0.15) is 6.26 Å². The standard InChI is InChI=1S/C14H16N2O3S/c1-15-14(12(17)18-2,11-6-4-3-5-7-11)10-20-13-16-8-9-19-13/h3-9,15H,10H2,1-2H3. The van der Waals surface area contributed by atoms with Gasteiger partial charge in [-0.25, -0.2) is 9.78 Å². The summed E-state index contributed by atoms with van der Waals surface area (Å²) in [6.07, 6.45) is 3.08. The zero-order valence-electron chi connectivity index (χ0n) is 11.3. The van der Waals surface area contributed by atoms with E-state index in [1.807, 2.05) is 30.3 Å². The maximum atomic E-state index is 12.3. The van der Waals surface area contributed by atoms with E-state index in [1.54, 1.807) is 13.2 Å². The van der Waals surface area contributed by atoms with Crippen LogP contribution in [0.1, 0.15) is 5.56 Å². The van der Waals surface area contributed by atoms with Crippen LogP contribution in [-0.2, 0) is 15.1 Å². The Kier molecular flexibility index (Phi) is 4.81. The molecule has 1 atom stereocenters. The number of ether oxygens (including phenoxy) is 1. The summed E-state index contributed by atoms with van der Waals surface area (Å²) in [5.74, 6) is 0.0750. The topological polar surface area (TPSA) is 64.4 Å². The van der Waals surface area contributed by atoms with Crippen molar-refractivity contribution in [2.24, 2.45) is 0 Å². The summed E-state index contributed by atoms with van der Waals surface area (Å²) >= 11 is 1.36. The maximum Gasteiger partial charge on any atom is 0.331 e. The second-order valence-corrected chi connectivity index (χ2v) is 5.03. The molecule has 0 aliphatic heterocycles. The van der Waals surface area contributed by atoms with Gasteiger partial charge in [0.05, 0.1) is 13.3 Å². The molecule has 1 aromatic carbocycles. The lowest BCUT2D eigenvalue weighted by molar-refractivity contribution is -0.147.